The minimum Gasteiger partial charge on any atom is -0.365 e. The average molecular weight is 355 g/mol. The van der Waals surface area contributed by atoms with Gasteiger partial charge in [0.05, 0.1) is 18.8 Å². The molecular formula is C18H15ClN4O2. The van der Waals surface area contributed by atoms with E-state index in [1.54, 1.807) is 4.68 Å². The van der Waals surface area contributed by atoms with Crippen LogP contribution in [0, 0.1) is 0 Å². The standard InChI is InChI=1S/C18H15ClN4O2/c19-13-8-6-12(7-9-13)16-10-23-15(11-25-16)17(21-22-23)18(24)20-14-4-2-1-3-5-14/h1-9,16H,10-11H2,(H,20,24)/t16-/m0/s1. The van der Waals surface area contributed by atoms with Gasteiger partial charge in [0.15, 0.2) is 5.69 Å². The van der Waals surface area contributed by atoms with Crippen molar-refractivity contribution in [1.82, 2.24) is 15.0 Å². The van der Waals surface area contributed by atoms with Gasteiger partial charge >= 0.3 is 0 Å². The first-order chi connectivity index (χ1) is 12.2. The van der Waals surface area contributed by atoms with Crippen LogP contribution in [0.5, 0.6) is 0 Å². The van der Waals surface area contributed by atoms with Crippen molar-refractivity contribution >= 4 is 23.2 Å². The second-order valence-corrected chi connectivity index (χ2v) is 6.17. The molecule has 7 heteroatoms. The van der Waals surface area contributed by atoms with E-state index in [2.05, 4.69) is 15.6 Å². The van der Waals surface area contributed by atoms with E-state index < -0.39 is 0 Å². The lowest BCUT2D eigenvalue weighted by atomic mass is 10.1. The van der Waals surface area contributed by atoms with Crippen molar-refractivity contribution in [3.63, 3.8) is 0 Å². The third-order valence-electron chi connectivity index (χ3n) is 4.09. The molecule has 0 radical (unpaired) electrons. The van der Waals surface area contributed by atoms with Crippen LogP contribution in [0.1, 0.15) is 27.8 Å². The molecule has 2 heterocycles. The number of nitrogens with one attached hydrogen (secondary N) is 1. The number of fused-ring (bicyclic) bond motifs is 1. The minimum atomic E-state index is -0.291. The van der Waals surface area contributed by atoms with Crippen molar-refractivity contribution in [3.05, 3.63) is 76.6 Å². The number of carbonyl (C=O) groups is 1. The van der Waals surface area contributed by atoms with Crippen molar-refractivity contribution in [2.24, 2.45) is 0 Å². The predicted molar refractivity (Wildman–Crippen MR) is 93.4 cm³/mol. The molecule has 1 atom stereocenters. The number of benzene rings is 2. The van der Waals surface area contributed by atoms with Gasteiger partial charge in [-0.1, -0.05) is 47.1 Å². The van der Waals surface area contributed by atoms with Crippen LogP contribution in [0.3, 0.4) is 0 Å². The maximum absolute atomic E-state index is 12.4. The highest BCUT2D eigenvalue weighted by Gasteiger charge is 2.27. The highest BCUT2D eigenvalue weighted by Crippen LogP contribution is 2.28. The maximum atomic E-state index is 12.4. The molecule has 6 nitrogen and oxygen atoms in total. The van der Waals surface area contributed by atoms with Crippen molar-refractivity contribution in [2.75, 3.05) is 5.32 Å². The molecule has 0 spiro atoms. The molecule has 0 unspecified atom stereocenters. The Morgan fingerprint density at radius 1 is 1.16 bits per heavy atom. The normalized spacial score (nSPS) is 16.3. The highest BCUT2D eigenvalue weighted by atomic mass is 35.5. The van der Waals surface area contributed by atoms with Gasteiger partial charge in [-0.25, -0.2) is 4.68 Å². The fraction of sp³-hybridized carbons (Fsp3) is 0.167. The van der Waals surface area contributed by atoms with Gasteiger partial charge in [0.2, 0.25) is 0 Å². The van der Waals surface area contributed by atoms with Crippen LogP contribution in [-0.4, -0.2) is 20.9 Å². The Morgan fingerprint density at radius 2 is 1.92 bits per heavy atom. The Kier molecular flexibility index (Phi) is 4.21. The SMILES string of the molecule is O=C(Nc1ccccc1)c1nnn2c1CO[C@H](c1ccc(Cl)cc1)C2. The van der Waals surface area contributed by atoms with Crippen LogP contribution in [-0.2, 0) is 17.9 Å². The first-order valence-electron chi connectivity index (χ1n) is 7.86. The summed E-state index contributed by atoms with van der Waals surface area (Å²) in [6.07, 6.45) is -0.142. The zero-order chi connectivity index (χ0) is 17.2. The molecule has 3 aromatic rings. The summed E-state index contributed by atoms with van der Waals surface area (Å²) in [6, 6.07) is 16.8. The third kappa shape index (κ3) is 3.26. The summed E-state index contributed by atoms with van der Waals surface area (Å²) in [7, 11) is 0. The maximum Gasteiger partial charge on any atom is 0.278 e. The Labute approximate surface area is 149 Å². The number of hydrogen-bond acceptors (Lipinski definition) is 4. The predicted octanol–water partition coefficient (Wildman–Crippen LogP) is 3.46. The molecule has 0 saturated heterocycles. The number of hydrogen-bond donors (Lipinski definition) is 1. The molecule has 126 valence electrons. The molecule has 2 aromatic carbocycles. The number of nitrogens with zero attached hydrogens (tertiary/aromatic N) is 3. The van der Waals surface area contributed by atoms with Gasteiger partial charge in [0, 0.05) is 10.7 Å². The summed E-state index contributed by atoms with van der Waals surface area (Å²) in [5, 5.41) is 11.6. The summed E-state index contributed by atoms with van der Waals surface area (Å²) >= 11 is 5.92. The van der Waals surface area contributed by atoms with Gasteiger partial charge in [-0.05, 0) is 29.8 Å². The van der Waals surface area contributed by atoms with Gasteiger partial charge in [-0.15, -0.1) is 5.10 Å². The van der Waals surface area contributed by atoms with E-state index in [1.165, 1.54) is 0 Å². The summed E-state index contributed by atoms with van der Waals surface area (Å²) in [5.41, 5.74) is 2.70. The van der Waals surface area contributed by atoms with E-state index in [4.69, 9.17) is 16.3 Å². The molecule has 0 aliphatic carbocycles. The Bertz CT molecular complexity index is 893. The van der Waals surface area contributed by atoms with Crippen LogP contribution < -0.4 is 5.32 Å². The fourth-order valence-corrected chi connectivity index (χ4v) is 2.90. The molecule has 1 aliphatic heterocycles. The van der Waals surface area contributed by atoms with Crippen LogP contribution in [0.2, 0.25) is 5.02 Å². The van der Waals surface area contributed by atoms with Crippen molar-refractivity contribution < 1.29 is 9.53 Å². The number of rotatable bonds is 3. The first kappa shape index (κ1) is 15.8. The van der Waals surface area contributed by atoms with Crippen molar-refractivity contribution in [2.45, 2.75) is 19.3 Å². The third-order valence-corrected chi connectivity index (χ3v) is 4.34. The lowest BCUT2D eigenvalue weighted by Gasteiger charge is -2.24. The fourth-order valence-electron chi connectivity index (χ4n) is 2.78. The molecule has 0 saturated carbocycles. The van der Waals surface area contributed by atoms with Gasteiger partial charge in [-0.2, -0.15) is 0 Å². The second-order valence-electron chi connectivity index (χ2n) is 5.74. The smallest absolute Gasteiger partial charge is 0.278 e. The minimum absolute atomic E-state index is 0.142. The van der Waals surface area contributed by atoms with E-state index in [0.717, 1.165) is 5.56 Å². The monoisotopic (exact) mass is 354 g/mol. The zero-order valence-electron chi connectivity index (χ0n) is 13.2. The van der Waals surface area contributed by atoms with E-state index in [1.807, 2.05) is 54.6 Å². The number of ether oxygens (including phenoxy) is 1. The number of aromatic nitrogens is 3. The van der Waals surface area contributed by atoms with Gasteiger partial charge in [0.1, 0.15) is 6.10 Å². The molecule has 1 aromatic heterocycles. The van der Waals surface area contributed by atoms with Crippen molar-refractivity contribution in [1.29, 1.82) is 0 Å². The summed E-state index contributed by atoms with van der Waals surface area (Å²) in [4.78, 5) is 12.4. The largest absolute Gasteiger partial charge is 0.365 e. The molecular weight excluding hydrogens is 340 g/mol. The van der Waals surface area contributed by atoms with Crippen molar-refractivity contribution in [3.8, 4) is 0 Å². The van der Waals surface area contributed by atoms with E-state index in [9.17, 15) is 4.79 Å². The van der Waals surface area contributed by atoms with Gasteiger partial charge < -0.3 is 10.1 Å². The van der Waals surface area contributed by atoms with Crippen LogP contribution in [0.15, 0.2) is 54.6 Å². The molecule has 4 rings (SSSR count). The zero-order valence-corrected chi connectivity index (χ0v) is 14.0. The van der Waals surface area contributed by atoms with E-state index in [0.29, 0.717) is 28.6 Å². The Hall–Kier alpha value is -2.70. The number of carbonyl (C=O) groups excluding carboxylic acids is 1. The summed E-state index contributed by atoms with van der Waals surface area (Å²) in [5.74, 6) is -0.291. The van der Waals surface area contributed by atoms with Crippen LogP contribution in [0.4, 0.5) is 5.69 Å². The quantitative estimate of drug-likeness (QED) is 0.782. The van der Waals surface area contributed by atoms with Gasteiger partial charge in [0.25, 0.3) is 5.91 Å². The molecule has 0 bridgehead atoms. The molecule has 25 heavy (non-hydrogen) atoms. The summed E-state index contributed by atoms with van der Waals surface area (Å²) < 4.78 is 7.63. The lowest BCUT2D eigenvalue weighted by Crippen LogP contribution is -2.24. The average Bonchev–Trinajstić information content (AvgIpc) is 3.06. The van der Waals surface area contributed by atoms with Crippen LogP contribution in [0.25, 0.3) is 0 Å². The number of halogens is 1. The Morgan fingerprint density at radius 3 is 2.68 bits per heavy atom. The summed E-state index contributed by atoms with van der Waals surface area (Å²) in [6.45, 7) is 0.778. The molecule has 1 N–H and O–H groups in total. The Balaban J connectivity index is 1.52. The first-order valence-corrected chi connectivity index (χ1v) is 8.24. The van der Waals surface area contributed by atoms with Gasteiger partial charge in [-0.3, -0.25) is 4.79 Å². The van der Waals surface area contributed by atoms with E-state index in [-0.39, 0.29) is 18.6 Å². The lowest BCUT2D eigenvalue weighted by molar-refractivity contribution is -0.00171. The molecule has 0 fully saturated rings. The topological polar surface area (TPSA) is 69.0 Å². The molecule has 1 aliphatic rings. The molecule has 1 amide bonds. The number of anilines is 1. The van der Waals surface area contributed by atoms with Crippen LogP contribution >= 0.6 is 11.6 Å². The second kappa shape index (κ2) is 6.66. The number of para-hydroxylation sites is 1. The number of amides is 1. The van der Waals surface area contributed by atoms with E-state index >= 15 is 0 Å². The highest BCUT2D eigenvalue weighted by molar-refractivity contribution is 6.30.